The van der Waals surface area contributed by atoms with Crippen LogP contribution in [0.5, 0.6) is 17.2 Å². The highest BCUT2D eigenvalue weighted by Gasteiger charge is 2.46. The van der Waals surface area contributed by atoms with E-state index in [2.05, 4.69) is 27.7 Å². The van der Waals surface area contributed by atoms with E-state index in [1.54, 1.807) is 37.4 Å². The smallest absolute Gasteiger partial charge is 0.295 e. The minimum Gasteiger partial charge on any atom is -0.507 e. The summed E-state index contributed by atoms with van der Waals surface area (Å²) < 4.78 is 17.5. The molecular formula is C32H44N2O6. The lowest BCUT2D eigenvalue weighted by molar-refractivity contribution is -0.140. The Hall–Kier alpha value is -3.52. The number of hydrogen-bond acceptors (Lipinski definition) is 7. The van der Waals surface area contributed by atoms with Gasteiger partial charge in [0, 0.05) is 18.7 Å². The number of aryl methyl sites for hydroxylation is 1. The van der Waals surface area contributed by atoms with Gasteiger partial charge in [-0.25, -0.2) is 0 Å². The number of aliphatic hydroxyl groups is 1. The van der Waals surface area contributed by atoms with E-state index in [-0.39, 0.29) is 11.3 Å². The van der Waals surface area contributed by atoms with E-state index in [0.717, 1.165) is 12.0 Å². The van der Waals surface area contributed by atoms with Crippen LogP contribution in [0.1, 0.15) is 56.8 Å². The minimum atomic E-state index is -0.782. The number of rotatable bonds is 13. The lowest BCUT2D eigenvalue weighted by Gasteiger charge is -2.27. The van der Waals surface area contributed by atoms with Gasteiger partial charge in [0.1, 0.15) is 11.5 Å². The highest BCUT2D eigenvalue weighted by atomic mass is 16.5. The van der Waals surface area contributed by atoms with Crippen molar-refractivity contribution in [3.8, 4) is 17.2 Å². The second-order valence-electron chi connectivity index (χ2n) is 11.4. The third kappa shape index (κ3) is 7.36. The standard InChI is InChI=1S/C32H44N2O6/c1-20(2)13-16-39-26-12-9-23(18-27(26)38-8)29-28(31(36)32(37)34(29)15-14-33(6)7)30(35)24-10-11-25(22(5)17-24)40-19-21(3)4/h9-12,17-18,20-21,29,35H,13-16,19H2,1-8H3/b30-28+. The molecule has 2 aromatic rings. The van der Waals surface area contributed by atoms with Gasteiger partial charge >= 0.3 is 0 Å². The largest absolute Gasteiger partial charge is 0.507 e. The first-order chi connectivity index (χ1) is 18.9. The fourth-order valence-corrected chi connectivity index (χ4v) is 4.51. The second kappa shape index (κ2) is 13.7. The first-order valence-electron chi connectivity index (χ1n) is 13.9. The number of carbonyl (C=O) groups is 2. The number of ether oxygens (including phenoxy) is 3. The second-order valence-corrected chi connectivity index (χ2v) is 11.4. The fraction of sp³-hybridized carbons (Fsp3) is 0.500. The molecule has 1 aliphatic rings. The number of hydrogen-bond donors (Lipinski definition) is 1. The van der Waals surface area contributed by atoms with E-state index < -0.39 is 17.7 Å². The Morgan fingerprint density at radius 1 is 0.975 bits per heavy atom. The van der Waals surface area contributed by atoms with Crippen LogP contribution in [0, 0.1) is 18.8 Å². The Labute approximate surface area is 238 Å². The van der Waals surface area contributed by atoms with Gasteiger partial charge < -0.3 is 29.1 Å². The van der Waals surface area contributed by atoms with E-state index in [9.17, 15) is 14.7 Å². The van der Waals surface area contributed by atoms with E-state index in [4.69, 9.17) is 14.2 Å². The molecule has 8 nitrogen and oxygen atoms in total. The van der Waals surface area contributed by atoms with E-state index in [1.165, 1.54) is 4.90 Å². The summed E-state index contributed by atoms with van der Waals surface area (Å²) in [6.07, 6.45) is 0.899. The third-order valence-electron chi connectivity index (χ3n) is 6.80. The molecule has 40 heavy (non-hydrogen) atoms. The summed E-state index contributed by atoms with van der Waals surface area (Å²) in [6.45, 7) is 12.3. The van der Waals surface area contributed by atoms with Crippen LogP contribution in [-0.4, -0.2) is 74.1 Å². The number of likely N-dealkylation sites (tertiary alicyclic amines) is 1. The molecule has 1 amide bonds. The average Bonchev–Trinajstić information content (AvgIpc) is 3.15. The molecule has 1 unspecified atom stereocenters. The summed E-state index contributed by atoms with van der Waals surface area (Å²) in [7, 11) is 5.37. The summed E-state index contributed by atoms with van der Waals surface area (Å²) in [5, 5.41) is 11.5. The Balaban J connectivity index is 2.07. The Bertz CT molecular complexity index is 1230. The van der Waals surface area contributed by atoms with Crippen molar-refractivity contribution in [2.45, 2.75) is 47.1 Å². The van der Waals surface area contributed by atoms with Gasteiger partial charge in [-0.3, -0.25) is 9.59 Å². The molecule has 1 atom stereocenters. The predicted molar refractivity (Wildman–Crippen MR) is 157 cm³/mol. The molecule has 1 aliphatic heterocycles. The van der Waals surface area contributed by atoms with Crippen molar-refractivity contribution in [2.75, 3.05) is 47.5 Å². The van der Waals surface area contributed by atoms with Crippen LogP contribution in [-0.2, 0) is 9.59 Å². The van der Waals surface area contributed by atoms with Gasteiger partial charge in [0.2, 0.25) is 0 Å². The number of likely N-dealkylation sites (N-methyl/N-ethyl adjacent to an activating group) is 1. The number of methoxy groups -OCH3 is 1. The lowest BCUT2D eigenvalue weighted by atomic mass is 9.94. The van der Waals surface area contributed by atoms with Crippen LogP contribution < -0.4 is 14.2 Å². The van der Waals surface area contributed by atoms with Crippen LogP contribution >= 0.6 is 0 Å². The van der Waals surface area contributed by atoms with E-state index in [1.807, 2.05) is 32.0 Å². The van der Waals surface area contributed by atoms with Crippen molar-refractivity contribution in [3.05, 3.63) is 58.7 Å². The van der Waals surface area contributed by atoms with Gasteiger partial charge in [-0.15, -0.1) is 0 Å². The Morgan fingerprint density at radius 3 is 2.27 bits per heavy atom. The van der Waals surface area contributed by atoms with Crippen molar-refractivity contribution in [2.24, 2.45) is 11.8 Å². The van der Waals surface area contributed by atoms with Crippen molar-refractivity contribution < 1.29 is 28.9 Å². The highest BCUT2D eigenvalue weighted by molar-refractivity contribution is 6.46. The van der Waals surface area contributed by atoms with Gasteiger partial charge in [0.15, 0.2) is 11.5 Å². The number of nitrogens with zero attached hydrogens (tertiary/aromatic N) is 2. The van der Waals surface area contributed by atoms with Crippen molar-refractivity contribution in [1.82, 2.24) is 9.80 Å². The molecule has 1 heterocycles. The van der Waals surface area contributed by atoms with Gasteiger partial charge in [0.05, 0.1) is 31.9 Å². The monoisotopic (exact) mass is 552 g/mol. The molecule has 0 radical (unpaired) electrons. The SMILES string of the molecule is COc1cc(C2/C(=C(\O)c3ccc(OCC(C)C)c(C)c3)C(=O)C(=O)N2CCN(C)C)ccc1OCCC(C)C. The van der Waals surface area contributed by atoms with Gasteiger partial charge in [0.25, 0.3) is 11.7 Å². The molecule has 1 fully saturated rings. The number of Topliss-reactive ketones (excluding diaryl/α,β-unsaturated/α-hetero) is 1. The number of benzene rings is 2. The molecule has 0 aromatic heterocycles. The van der Waals surface area contributed by atoms with Gasteiger partial charge in [-0.1, -0.05) is 33.8 Å². The number of amides is 1. The zero-order valence-corrected chi connectivity index (χ0v) is 25.1. The summed E-state index contributed by atoms with van der Waals surface area (Å²) in [6, 6.07) is 9.91. The molecule has 0 saturated carbocycles. The first-order valence-corrected chi connectivity index (χ1v) is 13.9. The Morgan fingerprint density at radius 2 is 1.68 bits per heavy atom. The van der Waals surface area contributed by atoms with E-state index in [0.29, 0.717) is 66.5 Å². The molecule has 0 spiro atoms. The highest BCUT2D eigenvalue weighted by Crippen LogP contribution is 2.42. The molecule has 0 aliphatic carbocycles. The third-order valence-corrected chi connectivity index (χ3v) is 6.80. The molecular weight excluding hydrogens is 508 g/mol. The van der Waals surface area contributed by atoms with E-state index >= 15 is 0 Å². The summed E-state index contributed by atoms with van der Waals surface area (Å²) in [4.78, 5) is 30.2. The summed E-state index contributed by atoms with van der Waals surface area (Å²) >= 11 is 0. The van der Waals surface area contributed by atoms with Crippen molar-refractivity contribution in [1.29, 1.82) is 0 Å². The van der Waals surface area contributed by atoms with Crippen molar-refractivity contribution >= 4 is 17.4 Å². The van der Waals surface area contributed by atoms with Crippen LogP contribution in [0.4, 0.5) is 0 Å². The van der Waals surface area contributed by atoms with Gasteiger partial charge in [-0.05, 0) is 80.7 Å². The maximum Gasteiger partial charge on any atom is 0.295 e. The van der Waals surface area contributed by atoms with Crippen LogP contribution in [0.3, 0.4) is 0 Å². The minimum absolute atomic E-state index is 0.0505. The topological polar surface area (TPSA) is 88.5 Å². The molecule has 1 saturated heterocycles. The molecule has 218 valence electrons. The maximum atomic E-state index is 13.4. The van der Waals surface area contributed by atoms with Crippen LogP contribution in [0.2, 0.25) is 0 Å². The predicted octanol–water partition coefficient (Wildman–Crippen LogP) is 5.45. The van der Waals surface area contributed by atoms with Crippen LogP contribution in [0.25, 0.3) is 5.76 Å². The zero-order valence-electron chi connectivity index (χ0n) is 25.1. The zero-order chi connectivity index (χ0) is 29.6. The molecule has 3 rings (SSSR count). The number of ketones is 1. The Kier molecular flexibility index (Phi) is 10.6. The molecule has 8 heteroatoms. The number of carbonyl (C=O) groups excluding carboxylic acids is 2. The van der Waals surface area contributed by atoms with Crippen LogP contribution in [0.15, 0.2) is 42.0 Å². The summed E-state index contributed by atoms with van der Waals surface area (Å²) in [5.74, 6) is 1.10. The molecule has 1 N–H and O–H groups in total. The lowest BCUT2D eigenvalue weighted by Crippen LogP contribution is -2.35. The van der Waals surface area contributed by atoms with Gasteiger partial charge in [-0.2, -0.15) is 0 Å². The van der Waals surface area contributed by atoms with Crippen molar-refractivity contribution in [3.63, 3.8) is 0 Å². The fourth-order valence-electron chi connectivity index (χ4n) is 4.51. The number of aliphatic hydroxyl groups excluding tert-OH is 1. The quantitative estimate of drug-likeness (QED) is 0.201. The normalized spacial score (nSPS) is 16.9. The average molecular weight is 553 g/mol. The summed E-state index contributed by atoms with van der Waals surface area (Å²) in [5.41, 5.74) is 1.98. The molecule has 2 aromatic carbocycles. The maximum absolute atomic E-state index is 13.4. The first kappa shape index (κ1) is 31.0. The molecule has 0 bridgehead atoms.